The number of ether oxygens (including phenoxy) is 1. The standard InChI is InChI=1S/C28H34N6O2/c1-21-7-8-25(15-31-21)36-19-22-13-23(28(35)30-9-4-11-33-12-10-29-20-33)17-34(16-22)18-24-14-32-27-6-3-2-5-26(24)27/h2-3,5-8,10,12,14-15,20,22-23,32H,4,9,11,13,16-19H2,1H3,(H,30,35)/t22-,23+/m0/s1. The highest BCUT2D eigenvalue weighted by Crippen LogP contribution is 2.27. The predicted octanol–water partition coefficient (Wildman–Crippen LogP) is 3.79. The lowest BCUT2D eigenvalue weighted by molar-refractivity contribution is -0.127. The molecule has 36 heavy (non-hydrogen) atoms. The van der Waals surface area contributed by atoms with Crippen molar-refractivity contribution in [3.63, 3.8) is 0 Å². The summed E-state index contributed by atoms with van der Waals surface area (Å²) in [5.74, 6) is 1.09. The molecule has 1 saturated heterocycles. The Kier molecular flexibility index (Phi) is 7.61. The van der Waals surface area contributed by atoms with E-state index < -0.39 is 0 Å². The molecule has 0 saturated carbocycles. The van der Waals surface area contributed by atoms with Gasteiger partial charge < -0.3 is 19.6 Å². The van der Waals surface area contributed by atoms with E-state index in [0.717, 1.165) is 56.0 Å². The first-order valence-corrected chi connectivity index (χ1v) is 12.7. The Hall–Kier alpha value is -3.65. The molecule has 1 aliphatic rings. The molecule has 2 atom stereocenters. The average molecular weight is 487 g/mol. The first kappa shape index (κ1) is 24.1. The number of H-pyrrole nitrogens is 1. The number of likely N-dealkylation sites (tertiary alicyclic amines) is 1. The minimum atomic E-state index is -0.0676. The van der Waals surface area contributed by atoms with Gasteiger partial charge in [-0.25, -0.2) is 4.98 Å². The quantitative estimate of drug-likeness (QED) is 0.333. The molecule has 0 unspecified atom stereocenters. The Morgan fingerprint density at radius 1 is 1.22 bits per heavy atom. The van der Waals surface area contributed by atoms with Crippen LogP contribution in [0.4, 0.5) is 0 Å². The van der Waals surface area contributed by atoms with E-state index in [-0.39, 0.29) is 17.7 Å². The summed E-state index contributed by atoms with van der Waals surface area (Å²) >= 11 is 0. The van der Waals surface area contributed by atoms with Crippen molar-refractivity contribution >= 4 is 16.8 Å². The Labute approximate surface area is 211 Å². The molecule has 4 aromatic rings. The lowest BCUT2D eigenvalue weighted by Crippen LogP contribution is -2.47. The predicted molar refractivity (Wildman–Crippen MR) is 139 cm³/mol. The number of pyridine rings is 1. The number of aromatic amines is 1. The van der Waals surface area contributed by atoms with Gasteiger partial charge in [0, 0.05) is 73.8 Å². The second-order valence-corrected chi connectivity index (χ2v) is 9.74. The second kappa shape index (κ2) is 11.4. The van der Waals surface area contributed by atoms with Gasteiger partial charge in [0.25, 0.3) is 0 Å². The average Bonchev–Trinajstić information content (AvgIpc) is 3.56. The molecule has 0 bridgehead atoms. The van der Waals surface area contributed by atoms with Crippen molar-refractivity contribution < 1.29 is 9.53 Å². The highest BCUT2D eigenvalue weighted by Gasteiger charge is 2.32. The number of aryl methyl sites for hydroxylation is 2. The Morgan fingerprint density at radius 2 is 2.14 bits per heavy atom. The third-order valence-electron chi connectivity index (χ3n) is 6.87. The highest BCUT2D eigenvalue weighted by atomic mass is 16.5. The Morgan fingerprint density at radius 3 is 2.97 bits per heavy atom. The van der Waals surface area contributed by atoms with E-state index in [1.807, 2.05) is 35.9 Å². The van der Waals surface area contributed by atoms with Gasteiger partial charge in [0.15, 0.2) is 0 Å². The molecule has 188 valence electrons. The normalized spacial score (nSPS) is 18.4. The molecule has 2 N–H and O–H groups in total. The van der Waals surface area contributed by atoms with Crippen LogP contribution in [0.2, 0.25) is 0 Å². The van der Waals surface area contributed by atoms with Gasteiger partial charge in [-0.15, -0.1) is 0 Å². The summed E-state index contributed by atoms with van der Waals surface area (Å²) in [6.07, 6.45) is 11.1. The molecular weight excluding hydrogens is 452 g/mol. The first-order valence-electron chi connectivity index (χ1n) is 12.7. The zero-order valence-electron chi connectivity index (χ0n) is 20.8. The Bertz CT molecular complexity index is 1250. The molecule has 8 heteroatoms. The largest absolute Gasteiger partial charge is 0.492 e. The monoisotopic (exact) mass is 486 g/mol. The number of rotatable bonds is 10. The fourth-order valence-corrected chi connectivity index (χ4v) is 5.04. The van der Waals surface area contributed by atoms with Crippen molar-refractivity contribution in [2.24, 2.45) is 11.8 Å². The Balaban J connectivity index is 1.22. The SMILES string of the molecule is Cc1ccc(OC[C@H]2C[C@@H](C(=O)NCCCn3ccnc3)CN(Cc3c[nH]c4ccccc34)C2)cn1. The molecule has 8 nitrogen and oxygen atoms in total. The fourth-order valence-electron chi connectivity index (χ4n) is 5.04. The number of hydrogen-bond donors (Lipinski definition) is 2. The molecular formula is C28H34N6O2. The summed E-state index contributed by atoms with van der Waals surface area (Å²) in [4.78, 5) is 27.3. The van der Waals surface area contributed by atoms with Crippen LogP contribution in [-0.2, 0) is 17.9 Å². The summed E-state index contributed by atoms with van der Waals surface area (Å²) in [5, 5.41) is 4.41. The molecule has 1 aliphatic heterocycles. The zero-order valence-corrected chi connectivity index (χ0v) is 20.8. The van der Waals surface area contributed by atoms with E-state index >= 15 is 0 Å². The van der Waals surface area contributed by atoms with Gasteiger partial charge in [0.2, 0.25) is 5.91 Å². The maximum atomic E-state index is 13.2. The molecule has 1 fully saturated rings. The van der Waals surface area contributed by atoms with Crippen LogP contribution in [0.25, 0.3) is 10.9 Å². The number of carbonyl (C=O) groups excluding carboxylic acids is 1. The van der Waals surface area contributed by atoms with Crippen LogP contribution in [0.3, 0.4) is 0 Å². The van der Waals surface area contributed by atoms with Crippen molar-refractivity contribution in [1.82, 2.24) is 29.7 Å². The van der Waals surface area contributed by atoms with E-state index in [9.17, 15) is 4.79 Å². The van der Waals surface area contributed by atoms with Crippen LogP contribution in [0.1, 0.15) is 24.1 Å². The van der Waals surface area contributed by atoms with Crippen LogP contribution in [0.15, 0.2) is 67.5 Å². The number of imidazole rings is 1. The minimum absolute atomic E-state index is 0.0676. The number of fused-ring (bicyclic) bond motifs is 1. The number of para-hydroxylation sites is 1. The van der Waals surface area contributed by atoms with Gasteiger partial charge in [0.1, 0.15) is 5.75 Å². The van der Waals surface area contributed by atoms with E-state index in [1.54, 1.807) is 18.7 Å². The van der Waals surface area contributed by atoms with Crippen LogP contribution < -0.4 is 10.1 Å². The fraction of sp³-hybridized carbons (Fsp3) is 0.393. The lowest BCUT2D eigenvalue weighted by atomic mass is 9.88. The first-order chi connectivity index (χ1) is 17.6. The highest BCUT2D eigenvalue weighted by molar-refractivity contribution is 5.83. The number of aromatic nitrogens is 4. The lowest BCUT2D eigenvalue weighted by Gasteiger charge is -2.37. The number of carbonyl (C=O) groups is 1. The molecule has 1 amide bonds. The van der Waals surface area contributed by atoms with Crippen LogP contribution in [-0.4, -0.2) is 56.6 Å². The van der Waals surface area contributed by atoms with Crippen molar-refractivity contribution in [2.45, 2.75) is 32.9 Å². The molecule has 0 aliphatic carbocycles. The zero-order chi connectivity index (χ0) is 24.7. The maximum Gasteiger partial charge on any atom is 0.224 e. The minimum Gasteiger partial charge on any atom is -0.492 e. The van der Waals surface area contributed by atoms with Crippen LogP contribution in [0.5, 0.6) is 5.75 Å². The van der Waals surface area contributed by atoms with Crippen molar-refractivity contribution in [3.05, 3.63) is 78.8 Å². The van der Waals surface area contributed by atoms with Crippen molar-refractivity contribution in [2.75, 3.05) is 26.2 Å². The smallest absolute Gasteiger partial charge is 0.224 e. The summed E-state index contributed by atoms with van der Waals surface area (Å²) < 4.78 is 8.12. The van der Waals surface area contributed by atoms with Gasteiger partial charge in [-0.3, -0.25) is 14.7 Å². The third kappa shape index (κ3) is 6.12. The molecule has 5 rings (SSSR count). The molecule has 1 aromatic carbocycles. The molecule has 0 spiro atoms. The second-order valence-electron chi connectivity index (χ2n) is 9.74. The molecule has 0 radical (unpaired) electrons. The van der Waals surface area contributed by atoms with E-state index in [2.05, 4.69) is 49.6 Å². The number of hydrogen-bond acceptors (Lipinski definition) is 5. The van der Waals surface area contributed by atoms with Crippen LogP contribution >= 0.6 is 0 Å². The van der Waals surface area contributed by atoms with Crippen molar-refractivity contribution in [1.29, 1.82) is 0 Å². The number of nitrogens with zero attached hydrogens (tertiary/aromatic N) is 4. The topological polar surface area (TPSA) is 88.1 Å². The number of piperidine rings is 1. The van der Waals surface area contributed by atoms with Gasteiger partial charge >= 0.3 is 0 Å². The summed E-state index contributed by atoms with van der Waals surface area (Å²) in [7, 11) is 0. The maximum absolute atomic E-state index is 13.2. The van der Waals surface area contributed by atoms with Crippen molar-refractivity contribution in [3.8, 4) is 5.75 Å². The summed E-state index contributed by atoms with van der Waals surface area (Å²) in [6, 6.07) is 12.3. The molecule has 4 heterocycles. The van der Waals surface area contributed by atoms with E-state index in [4.69, 9.17) is 4.74 Å². The van der Waals surface area contributed by atoms with Gasteiger partial charge in [-0.1, -0.05) is 18.2 Å². The van der Waals surface area contributed by atoms with Gasteiger partial charge in [-0.2, -0.15) is 0 Å². The summed E-state index contributed by atoms with van der Waals surface area (Å²) in [5.41, 5.74) is 3.37. The third-order valence-corrected chi connectivity index (χ3v) is 6.87. The van der Waals surface area contributed by atoms with Gasteiger partial charge in [-0.05, 0) is 43.5 Å². The number of nitrogens with one attached hydrogen (secondary N) is 2. The van der Waals surface area contributed by atoms with Crippen LogP contribution in [0, 0.1) is 18.8 Å². The number of amides is 1. The van der Waals surface area contributed by atoms with E-state index in [1.165, 1.54) is 10.9 Å². The van der Waals surface area contributed by atoms with Gasteiger partial charge in [0.05, 0.1) is 25.0 Å². The summed E-state index contributed by atoms with van der Waals surface area (Å²) in [6.45, 7) is 6.48. The van der Waals surface area contributed by atoms with E-state index in [0.29, 0.717) is 13.2 Å². The molecule has 3 aromatic heterocycles. The number of benzene rings is 1.